The first-order valence-electron chi connectivity index (χ1n) is 8.30. The molecule has 0 saturated carbocycles. The van der Waals surface area contributed by atoms with E-state index in [4.69, 9.17) is 9.47 Å². The van der Waals surface area contributed by atoms with Crippen LogP contribution in [0.15, 0.2) is 47.4 Å². The number of carbonyl (C=O) groups excluding carboxylic acids is 1. The van der Waals surface area contributed by atoms with Crippen LogP contribution >= 0.6 is 0 Å². The maximum absolute atomic E-state index is 12.3. The zero-order chi connectivity index (χ0) is 19.4. The molecule has 3 rings (SSSR count). The van der Waals surface area contributed by atoms with Gasteiger partial charge in [-0.25, -0.2) is 13.1 Å². The van der Waals surface area contributed by atoms with Crippen molar-refractivity contribution < 1.29 is 27.8 Å². The molecule has 1 aliphatic rings. The number of amides is 1. The van der Waals surface area contributed by atoms with Crippen LogP contribution < -0.4 is 19.5 Å². The highest BCUT2D eigenvalue weighted by molar-refractivity contribution is 7.89. The Kier molecular flexibility index (Phi) is 5.64. The molecule has 0 saturated heterocycles. The van der Waals surface area contributed by atoms with E-state index in [0.717, 1.165) is 0 Å². The van der Waals surface area contributed by atoms with Crippen molar-refractivity contribution in [3.05, 3.63) is 48.0 Å². The van der Waals surface area contributed by atoms with Crippen LogP contribution in [0.3, 0.4) is 0 Å². The molecule has 0 bridgehead atoms. The number of ether oxygens (including phenoxy) is 2. The predicted molar refractivity (Wildman–Crippen MR) is 98.1 cm³/mol. The quantitative estimate of drug-likeness (QED) is 0.662. The van der Waals surface area contributed by atoms with Gasteiger partial charge in [0.15, 0.2) is 11.5 Å². The van der Waals surface area contributed by atoms with Gasteiger partial charge in [-0.1, -0.05) is 6.07 Å². The minimum Gasteiger partial charge on any atom is -0.454 e. The Morgan fingerprint density at radius 3 is 2.56 bits per heavy atom. The van der Waals surface area contributed by atoms with E-state index >= 15 is 0 Å². The molecule has 144 valence electrons. The summed E-state index contributed by atoms with van der Waals surface area (Å²) in [5.41, 5.74) is 1.14. The number of hydrogen-bond acceptors (Lipinski definition) is 6. The normalized spacial score (nSPS) is 14.0. The SMILES string of the molecule is CC(=O)Nc1ccc(S(=O)(=O)NCCC(O)c2ccc3c(c2)OCO3)cc1. The minimum absolute atomic E-state index is 0.0609. The molecule has 1 amide bonds. The van der Waals surface area contributed by atoms with Gasteiger partial charge in [-0.3, -0.25) is 4.79 Å². The first-order valence-corrected chi connectivity index (χ1v) is 9.78. The molecule has 0 aromatic heterocycles. The van der Waals surface area contributed by atoms with Gasteiger partial charge >= 0.3 is 0 Å². The molecular weight excluding hydrogens is 372 g/mol. The molecule has 0 spiro atoms. The van der Waals surface area contributed by atoms with Crippen LogP contribution in [0.5, 0.6) is 11.5 Å². The van der Waals surface area contributed by atoms with Gasteiger partial charge in [0.25, 0.3) is 0 Å². The molecule has 2 aromatic rings. The summed E-state index contributed by atoms with van der Waals surface area (Å²) < 4.78 is 37.6. The van der Waals surface area contributed by atoms with Crippen LogP contribution in [0.4, 0.5) is 5.69 Å². The molecule has 1 heterocycles. The van der Waals surface area contributed by atoms with Crippen LogP contribution in [0.1, 0.15) is 25.0 Å². The van der Waals surface area contributed by atoms with Crippen molar-refractivity contribution in [2.24, 2.45) is 0 Å². The summed E-state index contributed by atoms with van der Waals surface area (Å²) >= 11 is 0. The lowest BCUT2D eigenvalue weighted by Crippen LogP contribution is -2.26. The highest BCUT2D eigenvalue weighted by atomic mass is 32.2. The Bertz CT molecular complexity index is 927. The molecule has 1 unspecified atom stereocenters. The number of rotatable bonds is 7. The van der Waals surface area contributed by atoms with E-state index in [9.17, 15) is 18.3 Å². The molecule has 3 N–H and O–H groups in total. The lowest BCUT2D eigenvalue weighted by Gasteiger charge is -2.13. The van der Waals surface area contributed by atoms with Gasteiger partial charge in [-0.05, 0) is 48.4 Å². The first-order chi connectivity index (χ1) is 12.8. The summed E-state index contributed by atoms with van der Waals surface area (Å²) in [6.45, 7) is 1.58. The highest BCUT2D eigenvalue weighted by Gasteiger charge is 2.18. The Hall–Kier alpha value is -2.62. The van der Waals surface area contributed by atoms with Gasteiger partial charge in [-0.15, -0.1) is 0 Å². The summed E-state index contributed by atoms with van der Waals surface area (Å²) in [4.78, 5) is 11.1. The average Bonchev–Trinajstić information content (AvgIpc) is 3.09. The summed E-state index contributed by atoms with van der Waals surface area (Å²) in [6.07, 6.45) is -0.646. The third-order valence-corrected chi connectivity index (χ3v) is 5.45. The fourth-order valence-electron chi connectivity index (χ4n) is 2.62. The number of hydrogen-bond donors (Lipinski definition) is 3. The maximum atomic E-state index is 12.3. The zero-order valence-corrected chi connectivity index (χ0v) is 15.5. The lowest BCUT2D eigenvalue weighted by molar-refractivity contribution is -0.114. The summed E-state index contributed by atoms with van der Waals surface area (Å²) in [5, 5.41) is 12.8. The van der Waals surface area contributed by atoms with Crippen molar-refractivity contribution >= 4 is 21.6 Å². The third kappa shape index (κ3) is 4.76. The molecule has 0 fully saturated rings. The van der Waals surface area contributed by atoms with Gasteiger partial charge < -0.3 is 19.9 Å². The molecule has 9 heteroatoms. The molecule has 1 aliphatic heterocycles. The van der Waals surface area contributed by atoms with Crippen molar-refractivity contribution in [2.45, 2.75) is 24.3 Å². The molecule has 0 aliphatic carbocycles. The van der Waals surface area contributed by atoms with Gasteiger partial charge in [-0.2, -0.15) is 0 Å². The topological polar surface area (TPSA) is 114 Å². The largest absolute Gasteiger partial charge is 0.454 e. The maximum Gasteiger partial charge on any atom is 0.240 e. The Morgan fingerprint density at radius 2 is 1.85 bits per heavy atom. The number of anilines is 1. The van der Waals surface area contributed by atoms with E-state index in [-0.39, 0.29) is 30.6 Å². The molecule has 1 atom stereocenters. The van der Waals surface area contributed by atoms with Crippen molar-refractivity contribution in [3.8, 4) is 11.5 Å². The number of carbonyl (C=O) groups is 1. The van der Waals surface area contributed by atoms with Crippen molar-refractivity contribution in [1.29, 1.82) is 0 Å². The van der Waals surface area contributed by atoms with Crippen LogP contribution in [-0.4, -0.2) is 32.8 Å². The summed E-state index contributed by atoms with van der Waals surface area (Å²) in [5.74, 6) is 0.946. The molecule has 27 heavy (non-hydrogen) atoms. The van der Waals surface area contributed by atoms with Crippen molar-refractivity contribution in [2.75, 3.05) is 18.7 Å². The van der Waals surface area contributed by atoms with Crippen LogP contribution in [0.25, 0.3) is 0 Å². The standard InChI is InChI=1S/C18H20N2O6S/c1-12(21)20-14-3-5-15(6-4-14)27(23,24)19-9-8-16(22)13-2-7-17-18(10-13)26-11-25-17/h2-7,10,16,19,22H,8-9,11H2,1H3,(H,20,21). The monoisotopic (exact) mass is 392 g/mol. The van der Waals surface area contributed by atoms with Crippen LogP contribution in [-0.2, 0) is 14.8 Å². The smallest absolute Gasteiger partial charge is 0.240 e. The summed E-state index contributed by atoms with van der Waals surface area (Å²) in [7, 11) is -3.71. The molecule has 0 radical (unpaired) electrons. The van der Waals surface area contributed by atoms with E-state index in [1.807, 2.05) is 0 Å². The van der Waals surface area contributed by atoms with E-state index in [1.165, 1.54) is 31.2 Å². The van der Waals surface area contributed by atoms with Gasteiger partial charge in [0.05, 0.1) is 11.0 Å². The van der Waals surface area contributed by atoms with E-state index in [1.54, 1.807) is 18.2 Å². The second-order valence-electron chi connectivity index (χ2n) is 6.02. The summed E-state index contributed by atoms with van der Waals surface area (Å²) in [6, 6.07) is 10.9. The third-order valence-electron chi connectivity index (χ3n) is 3.98. The second-order valence-corrected chi connectivity index (χ2v) is 7.79. The van der Waals surface area contributed by atoms with Gasteiger partial charge in [0.2, 0.25) is 22.7 Å². The lowest BCUT2D eigenvalue weighted by atomic mass is 10.1. The van der Waals surface area contributed by atoms with Gasteiger partial charge in [0, 0.05) is 19.2 Å². The number of benzene rings is 2. The first kappa shape index (κ1) is 19.2. The number of aliphatic hydroxyl groups excluding tert-OH is 1. The Morgan fingerprint density at radius 1 is 1.15 bits per heavy atom. The molecule has 2 aromatic carbocycles. The van der Waals surface area contributed by atoms with Gasteiger partial charge in [0.1, 0.15) is 0 Å². The fourth-order valence-corrected chi connectivity index (χ4v) is 3.67. The highest BCUT2D eigenvalue weighted by Crippen LogP contribution is 2.34. The Labute approximate surface area is 157 Å². The van der Waals surface area contributed by atoms with Crippen LogP contribution in [0.2, 0.25) is 0 Å². The van der Waals surface area contributed by atoms with Crippen molar-refractivity contribution in [3.63, 3.8) is 0 Å². The second kappa shape index (κ2) is 7.95. The molecule has 8 nitrogen and oxygen atoms in total. The number of nitrogens with one attached hydrogen (secondary N) is 2. The van der Waals surface area contributed by atoms with Crippen molar-refractivity contribution in [1.82, 2.24) is 4.72 Å². The van der Waals surface area contributed by atoms with E-state index in [2.05, 4.69) is 10.0 Å². The predicted octanol–water partition coefficient (Wildman–Crippen LogP) is 1.78. The number of sulfonamides is 1. The zero-order valence-electron chi connectivity index (χ0n) is 14.6. The fraction of sp³-hybridized carbons (Fsp3) is 0.278. The average molecular weight is 392 g/mol. The van der Waals surface area contributed by atoms with E-state index in [0.29, 0.717) is 22.7 Å². The number of aliphatic hydroxyl groups is 1. The number of fused-ring (bicyclic) bond motifs is 1. The molecular formula is C18H20N2O6S. The van der Waals surface area contributed by atoms with Crippen LogP contribution in [0, 0.1) is 0 Å². The minimum atomic E-state index is -3.71. The Balaban J connectivity index is 1.56. The van der Waals surface area contributed by atoms with E-state index < -0.39 is 16.1 Å².